The molecule has 1 aromatic carbocycles. The Bertz CT molecular complexity index is 486. The van der Waals surface area contributed by atoms with Gasteiger partial charge >= 0.3 is 0 Å². The molecule has 1 aliphatic rings. The minimum absolute atomic E-state index is 0.130. The molecule has 2 rings (SSSR count). The van der Waals surface area contributed by atoms with E-state index < -0.39 is 5.82 Å². The van der Waals surface area contributed by atoms with Crippen molar-refractivity contribution in [3.63, 3.8) is 0 Å². The summed E-state index contributed by atoms with van der Waals surface area (Å²) >= 11 is 8.86. The van der Waals surface area contributed by atoms with E-state index in [0.29, 0.717) is 23.4 Å². The maximum absolute atomic E-state index is 14.0. The minimum Gasteiger partial charge on any atom is -0.337 e. The number of rotatable bonds is 3. The third-order valence-electron chi connectivity index (χ3n) is 3.46. The van der Waals surface area contributed by atoms with Gasteiger partial charge in [0.25, 0.3) is 5.91 Å². The van der Waals surface area contributed by atoms with Crippen LogP contribution < -0.4 is 0 Å². The summed E-state index contributed by atoms with van der Waals surface area (Å²) in [5.41, 5.74) is 0.130. The van der Waals surface area contributed by atoms with Crippen molar-refractivity contribution in [2.45, 2.75) is 6.42 Å². The van der Waals surface area contributed by atoms with Crippen LogP contribution >= 0.6 is 27.5 Å². The van der Waals surface area contributed by atoms with Gasteiger partial charge < -0.3 is 9.80 Å². The molecule has 1 amide bonds. The smallest absolute Gasteiger partial charge is 0.256 e. The zero-order chi connectivity index (χ0) is 14.5. The lowest BCUT2D eigenvalue weighted by atomic mass is 10.2. The number of benzene rings is 1. The Hall–Kier alpha value is -0.650. The van der Waals surface area contributed by atoms with Crippen molar-refractivity contribution in [2.75, 3.05) is 38.6 Å². The molecule has 1 fully saturated rings. The Kier molecular flexibility index (Phi) is 5.81. The van der Waals surface area contributed by atoms with Crippen LogP contribution in [0.25, 0.3) is 0 Å². The molecule has 0 unspecified atom stereocenters. The van der Waals surface area contributed by atoms with Gasteiger partial charge in [-0.25, -0.2) is 4.39 Å². The van der Waals surface area contributed by atoms with E-state index in [-0.39, 0.29) is 11.5 Å². The number of carbonyl (C=O) groups excluding carboxylic acids is 1. The third kappa shape index (κ3) is 3.71. The van der Waals surface area contributed by atoms with E-state index in [9.17, 15) is 9.18 Å². The van der Waals surface area contributed by atoms with Crippen LogP contribution in [0.5, 0.6) is 0 Å². The van der Waals surface area contributed by atoms with Crippen molar-refractivity contribution < 1.29 is 9.18 Å². The predicted octanol–water partition coefficient (Wildman–Crippen LogP) is 2.97. The molecule has 0 aromatic heterocycles. The van der Waals surface area contributed by atoms with Gasteiger partial charge in [-0.3, -0.25) is 4.79 Å². The van der Waals surface area contributed by atoms with Gasteiger partial charge in [-0.1, -0.05) is 6.07 Å². The van der Waals surface area contributed by atoms with Crippen LogP contribution in [-0.2, 0) is 0 Å². The summed E-state index contributed by atoms with van der Waals surface area (Å²) in [6.07, 6.45) is 0.887. The first-order valence-corrected chi connectivity index (χ1v) is 7.98. The van der Waals surface area contributed by atoms with Crippen molar-refractivity contribution in [1.29, 1.82) is 0 Å². The number of nitrogens with zero attached hydrogens (tertiary/aromatic N) is 2. The van der Waals surface area contributed by atoms with Crippen LogP contribution in [0.3, 0.4) is 0 Å². The molecule has 1 saturated heterocycles. The van der Waals surface area contributed by atoms with Crippen molar-refractivity contribution in [3.8, 4) is 0 Å². The van der Waals surface area contributed by atoms with E-state index in [4.69, 9.17) is 11.6 Å². The van der Waals surface area contributed by atoms with Crippen LogP contribution in [0.15, 0.2) is 22.7 Å². The molecule has 6 heteroatoms. The first kappa shape index (κ1) is 15.7. The highest BCUT2D eigenvalue weighted by Gasteiger charge is 2.22. The zero-order valence-electron chi connectivity index (χ0n) is 11.1. The van der Waals surface area contributed by atoms with Crippen molar-refractivity contribution in [1.82, 2.24) is 9.80 Å². The fraction of sp³-hybridized carbons (Fsp3) is 0.500. The molecule has 0 spiro atoms. The van der Waals surface area contributed by atoms with Crippen molar-refractivity contribution in [2.24, 2.45) is 0 Å². The molecule has 0 N–H and O–H groups in total. The normalized spacial score (nSPS) is 17.1. The molecular formula is C14H17BrClFN2O. The van der Waals surface area contributed by atoms with Crippen LogP contribution in [0.1, 0.15) is 16.8 Å². The van der Waals surface area contributed by atoms with Crippen LogP contribution in [-0.4, -0.2) is 54.3 Å². The second-order valence-corrected chi connectivity index (χ2v) is 6.01. The minimum atomic E-state index is -0.487. The molecular weight excluding hydrogens is 347 g/mol. The highest BCUT2D eigenvalue weighted by molar-refractivity contribution is 9.10. The fourth-order valence-electron chi connectivity index (χ4n) is 2.36. The van der Waals surface area contributed by atoms with Gasteiger partial charge in [0, 0.05) is 32.1 Å². The van der Waals surface area contributed by atoms with Crippen LogP contribution in [0.4, 0.5) is 4.39 Å². The largest absolute Gasteiger partial charge is 0.337 e. The highest BCUT2D eigenvalue weighted by atomic mass is 79.9. The summed E-state index contributed by atoms with van der Waals surface area (Å²) in [4.78, 5) is 16.4. The summed E-state index contributed by atoms with van der Waals surface area (Å²) in [6, 6.07) is 4.80. The molecule has 0 atom stereocenters. The van der Waals surface area contributed by atoms with Gasteiger partial charge in [0.05, 0.1) is 10.0 Å². The molecule has 0 aliphatic carbocycles. The van der Waals surface area contributed by atoms with Gasteiger partial charge in [-0.15, -0.1) is 11.6 Å². The molecule has 0 bridgehead atoms. The molecule has 1 aromatic rings. The van der Waals surface area contributed by atoms with Gasteiger partial charge in [0.1, 0.15) is 5.82 Å². The second kappa shape index (κ2) is 7.38. The number of amides is 1. The van der Waals surface area contributed by atoms with Crippen LogP contribution in [0.2, 0.25) is 0 Å². The Morgan fingerprint density at radius 1 is 1.30 bits per heavy atom. The lowest BCUT2D eigenvalue weighted by Gasteiger charge is -2.22. The number of hydrogen-bond acceptors (Lipinski definition) is 2. The van der Waals surface area contributed by atoms with Gasteiger partial charge in [-0.05, 0) is 41.0 Å². The Morgan fingerprint density at radius 3 is 2.85 bits per heavy atom. The molecule has 0 saturated carbocycles. The van der Waals surface area contributed by atoms with Gasteiger partial charge in [-0.2, -0.15) is 0 Å². The predicted molar refractivity (Wildman–Crippen MR) is 81.8 cm³/mol. The van der Waals surface area contributed by atoms with E-state index in [0.717, 1.165) is 26.1 Å². The Morgan fingerprint density at radius 2 is 2.10 bits per heavy atom. The first-order chi connectivity index (χ1) is 9.63. The number of alkyl halides is 1. The third-order valence-corrected chi connectivity index (χ3v) is 4.24. The lowest BCUT2D eigenvalue weighted by molar-refractivity contribution is 0.0757. The highest BCUT2D eigenvalue weighted by Crippen LogP contribution is 2.20. The monoisotopic (exact) mass is 362 g/mol. The molecule has 20 heavy (non-hydrogen) atoms. The van der Waals surface area contributed by atoms with Gasteiger partial charge in [0.2, 0.25) is 0 Å². The Labute approximate surface area is 131 Å². The first-order valence-electron chi connectivity index (χ1n) is 6.65. The topological polar surface area (TPSA) is 23.6 Å². The van der Waals surface area contributed by atoms with E-state index in [2.05, 4.69) is 20.8 Å². The van der Waals surface area contributed by atoms with E-state index in [1.807, 2.05) is 0 Å². The maximum atomic E-state index is 14.0. The summed E-state index contributed by atoms with van der Waals surface area (Å²) in [6.45, 7) is 3.81. The van der Waals surface area contributed by atoms with E-state index in [1.165, 1.54) is 6.07 Å². The summed E-state index contributed by atoms with van der Waals surface area (Å²) in [5.74, 6) is -0.135. The molecule has 110 valence electrons. The molecule has 1 heterocycles. The average Bonchev–Trinajstić information content (AvgIpc) is 2.67. The maximum Gasteiger partial charge on any atom is 0.256 e. The van der Waals surface area contributed by atoms with Crippen molar-refractivity contribution in [3.05, 3.63) is 34.1 Å². The number of carbonyl (C=O) groups is 1. The number of hydrogen-bond donors (Lipinski definition) is 0. The SMILES string of the molecule is O=C(c1cccc(Br)c1F)N1CCCN(CCCl)CC1. The molecule has 3 nitrogen and oxygen atoms in total. The summed E-state index contributed by atoms with van der Waals surface area (Å²) in [7, 11) is 0. The molecule has 1 aliphatic heterocycles. The summed E-state index contributed by atoms with van der Waals surface area (Å²) < 4.78 is 14.3. The summed E-state index contributed by atoms with van der Waals surface area (Å²) in [5, 5.41) is 0. The average molecular weight is 364 g/mol. The lowest BCUT2D eigenvalue weighted by Crippen LogP contribution is -2.36. The van der Waals surface area contributed by atoms with E-state index in [1.54, 1.807) is 17.0 Å². The Balaban J connectivity index is 2.07. The molecule has 0 radical (unpaired) electrons. The van der Waals surface area contributed by atoms with E-state index >= 15 is 0 Å². The van der Waals surface area contributed by atoms with Crippen LogP contribution in [0, 0.1) is 5.82 Å². The number of halogens is 3. The fourth-order valence-corrected chi connectivity index (χ4v) is 2.96. The standard InChI is InChI=1S/C14H17BrClFN2O/c15-12-4-1-3-11(13(12)17)14(20)19-7-2-6-18(8-5-16)9-10-19/h1,3-4H,2,5-10H2. The quantitative estimate of drug-likeness (QED) is 0.771. The van der Waals surface area contributed by atoms with Crippen molar-refractivity contribution >= 4 is 33.4 Å². The second-order valence-electron chi connectivity index (χ2n) is 4.78. The van der Waals surface area contributed by atoms with Gasteiger partial charge in [0.15, 0.2) is 0 Å². The zero-order valence-corrected chi connectivity index (χ0v) is 13.5.